The molecule has 0 spiro atoms. The fraction of sp³-hybridized carbons (Fsp3) is 0.227. The first-order valence-electron chi connectivity index (χ1n) is 9.72. The average molecular weight is 477 g/mol. The van der Waals surface area contributed by atoms with Crippen molar-refractivity contribution in [2.24, 2.45) is 0 Å². The monoisotopic (exact) mass is 476 g/mol. The highest BCUT2D eigenvalue weighted by molar-refractivity contribution is 6.42. The largest absolute Gasteiger partial charge is 0.493 e. The quantitative estimate of drug-likeness (QED) is 0.367. The van der Waals surface area contributed by atoms with Crippen LogP contribution in [0.3, 0.4) is 0 Å². The minimum atomic E-state index is -0.682. The van der Waals surface area contributed by atoms with Gasteiger partial charge in [-0.15, -0.1) is 0 Å². The van der Waals surface area contributed by atoms with Gasteiger partial charge in [0.05, 0.1) is 28.4 Å². The summed E-state index contributed by atoms with van der Waals surface area (Å²) < 4.78 is 26.1. The van der Waals surface area contributed by atoms with Gasteiger partial charge in [0.1, 0.15) is 18.2 Å². The molecule has 2 aromatic carbocycles. The van der Waals surface area contributed by atoms with E-state index in [1.54, 1.807) is 12.1 Å². The summed E-state index contributed by atoms with van der Waals surface area (Å²) in [6, 6.07) is 6.47. The first kappa shape index (κ1) is 22.1. The maximum Gasteiger partial charge on any atom is 0.243 e. The Kier molecular flexibility index (Phi) is 6.34. The molecule has 1 amide bonds. The number of fused-ring (bicyclic) bond motifs is 1. The number of nitrogens with one attached hydrogen (secondary N) is 2. The molecule has 0 bridgehead atoms. The zero-order valence-corrected chi connectivity index (χ0v) is 18.5. The van der Waals surface area contributed by atoms with Crippen LogP contribution in [-0.4, -0.2) is 35.1 Å². The Morgan fingerprint density at radius 3 is 2.75 bits per heavy atom. The minimum absolute atomic E-state index is 0.0372. The van der Waals surface area contributed by atoms with Gasteiger partial charge in [-0.25, -0.2) is 14.4 Å². The minimum Gasteiger partial charge on any atom is -0.493 e. The summed E-state index contributed by atoms with van der Waals surface area (Å²) in [7, 11) is 1.54. The van der Waals surface area contributed by atoms with Gasteiger partial charge in [-0.1, -0.05) is 29.8 Å². The number of nitrogens with zero attached hydrogens (tertiary/aromatic N) is 2. The molecule has 2 N–H and O–H groups in total. The van der Waals surface area contributed by atoms with Gasteiger partial charge in [-0.2, -0.15) is 0 Å². The maximum atomic E-state index is 14.5. The highest BCUT2D eigenvalue weighted by Crippen LogP contribution is 2.38. The van der Waals surface area contributed by atoms with Crippen molar-refractivity contribution in [1.29, 1.82) is 0 Å². The summed E-state index contributed by atoms with van der Waals surface area (Å²) in [5.41, 5.74) is 0.703. The molecule has 32 heavy (non-hydrogen) atoms. The molecule has 0 unspecified atom stereocenters. The molecular weight excluding hydrogens is 458 g/mol. The third kappa shape index (κ3) is 4.42. The lowest BCUT2D eigenvalue weighted by Crippen LogP contribution is -2.48. The standard InChI is InChI=1S/C22H19Cl2FN4O3/c1-3-19(30)28-11-6-12(7-11)32-18-8-13-16(9-17(18)31-2)26-10-27-22(13)29-15-5-4-14(23)20(24)21(15)25/h3-5,8-12H,1,6-7H2,2H3,(H,28,30)(H,26,27,29). The summed E-state index contributed by atoms with van der Waals surface area (Å²) in [5.74, 6) is 0.467. The third-order valence-corrected chi connectivity index (χ3v) is 5.91. The molecule has 10 heteroatoms. The number of aromatic nitrogens is 2. The molecule has 7 nitrogen and oxygen atoms in total. The lowest BCUT2D eigenvalue weighted by atomic mass is 9.89. The Hall–Kier alpha value is -3.10. The Morgan fingerprint density at radius 2 is 2.03 bits per heavy atom. The number of rotatable bonds is 7. The first-order chi connectivity index (χ1) is 15.4. The number of benzene rings is 2. The van der Waals surface area contributed by atoms with Crippen molar-refractivity contribution in [2.75, 3.05) is 12.4 Å². The number of methoxy groups -OCH3 is 1. The summed E-state index contributed by atoms with van der Waals surface area (Å²) in [6.07, 6.45) is 3.83. The lowest BCUT2D eigenvalue weighted by Gasteiger charge is -2.35. The van der Waals surface area contributed by atoms with Gasteiger partial charge >= 0.3 is 0 Å². The second-order valence-corrected chi connectivity index (χ2v) is 8.00. The molecule has 1 aromatic heterocycles. The molecule has 0 saturated heterocycles. The number of ether oxygens (including phenoxy) is 2. The molecule has 1 saturated carbocycles. The van der Waals surface area contributed by atoms with Crippen LogP contribution in [-0.2, 0) is 4.79 Å². The van der Waals surface area contributed by atoms with E-state index < -0.39 is 5.82 Å². The molecule has 4 rings (SSSR count). The number of hydrogen-bond donors (Lipinski definition) is 2. The van der Waals surface area contributed by atoms with Crippen LogP contribution >= 0.6 is 23.2 Å². The van der Waals surface area contributed by atoms with E-state index in [1.165, 1.54) is 31.6 Å². The molecule has 1 heterocycles. The van der Waals surface area contributed by atoms with Gasteiger partial charge in [-0.3, -0.25) is 4.79 Å². The number of hydrogen-bond acceptors (Lipinski definition) is 6. The average Bonchev–Trinajstić information content (AvgIpc) is 2.77. The Balaban J connectivity index is 1.60. The molecule has 0 atom stereocenters. The van der Waals surface area contributed by atoms with Crippen LogP contribution in [0.5, 0.6) is 11.5 Å². The molecule has 0 radical (unpaired) electrons. The van der Waals surface area contributed by atoms with E-state index in [-0.39, 0.29) is 33.8 Å². The number of halogens is 3. The van der Waals surface area contributed by atoms with Crippen molar-refractivity contribution in [2.45, 2.75) is 25.0 Å². The molecule has 166 valence electrons. The highest BCUT2D eigenvalue weighted by atomic mass is 35.5. The topological polar surface area (TPSA) is 85.4 Å². The van der Waals surface area contributed by atoms with Crippen LogP contribution in [0, 0.1) is 5.82 Å². The Morgan fingerprint density at radius 1 is 1.25 bits per heavy atom. The van der Waals surface area contributed by atoms with E-state index in [0.717, 1.165) is 0 Å². The lowest BCUT2D eigenvalue weighted by molar-refractivity contribution is -0.118. The zero-order chi connectivity index (χ0) is 22.8. The number of carbonyl (C=O) groups excluding carboxylic acids is 1. The van der Waals surface area contributed by atoms with Crippen molar-refractivity contribution in [3.8, 4) is 11.5 Å². The number of amides is 1. The van der Waals surface area contributed by atoms with Crippen molar-refractivity contribution in [3.63, 3.8) is 0 Å². The SMILES string of the molecule is C=CC(=O)NC1CC(Oc2cc3c(Nc4ccc(Cl)c(Cl)c4F)ncnc3cc2OC)C1. The Bertz CT molecular complexity index is 1200. The van der Waals surface area contributed by atoms with E-state index >= 15 is 0 Å². The van der Waals surface area contributed by atoms with Gasteiger partial charge in [0.15, 0.2) is 17.3 Å². The van der Waals surface area contributed by atoms with Crippen LogP contribution in [0.25, 0.3) is 10.9 Å². The van der Waals surface area contributed by atoms with Crippen molar-refractivity contribution >= 4 is 51.5 Å². The van der Waals surface area contributed by atoms with Gasteiger partial charge in [0.2, 0.25) is 5.91 Å². The predicted molar refractivity (Wildman–Crippen MR) is 122 cm³/mol. The number of carbonyl (C=O) groups is 1. The summed E-state index contributed by atoms with van der Waals surface area (Å²) in [6.45, 7) is 3.45. The maximum absolute atomic E-state index is 14.5. The molecule has 3 aromatic rings. The predicted octanol–water partition coefficient (Wildman–Crippen LogP) is 5.04. The molecular formula is C22H19Cl2FN4O3. The molecule has 1 fully saturated rings. The van der Waals surface area contributed by atoms with Crippen LogP contribution < -0.4 is 20.1 Å². The summed E-state index contributed by atoms with van der Waals surface area (Å²) in [5, 5.41) is 6.32. The van der Waals surface area contributed by atoms with E-state index in [1.807, 2.05) is 0 Å². The normalized spacial score (nSPS) is 17.4. The number of anilines is 2. The van der Waals surface area contributed by atoms with E-state index in [2.05, 4.69) is 27.2 Å². The van der Waals surface area contributed by atoms with Gasteiger partial charge in [0.25, 0.3) is 0 Å². The fourth-order valence-corrected chi connectivity index (χ4v) is 3.70. The van der Waals surface area contributed by atoms with Crippen LogP contribution in [0.15, 0.2) is 43.2 Å². The third-order valence-electron chi connectivity index (χ3n) is 5.13. The van der Waals surface area contributed by atoms with Crippen LogP contribution in [0.2, 0.25) is 10.0 Å². The molecule has 0 aliphatic heterocycles. The van der Waals surface area contributed by atoms with Crippen LogP contribution in [0.1, 0.15) is 12.8 Å². The van der Waals surface area contributed by atoms with E-state index in [0.29, 0.717) is 41.1 Å². The van der Waals surface area contributed by atoms with Crippen LogP contribution in [0.4, 0.5) is 15.9 Å². The van der Waals surface area contributed by atoms with Crippen molar-refractivity contribution in [1.82, 2.24) is 15.3 Å². The van der Waals surface area contributed by atoms with E-state index in [9.17, 15) is 9.18 Å². The second-order valence-electron chi connectivity index (χ2n) is 7.21. The fourth-order valence-electron chi connectivity index (χ4n) is 3.38. The highest BCUT2D eigenvalue weighted by Gasteiger charge is 2.32. The molecule has 1 aliphatic rings. The van der Waals surface area contributed by atoms with E-state index in [4.69, 9.17) is 32.7 Å². The smallest absolute Gasteiger partial charge is 0.243 e. The summed E-state index contributed by atoms with van der Waals surface area (Å²) in [4.78, 5) is 19.9. The Labute approximate surface area is 193 Å². The van der Waals surface area contributed by atoms with Crippen molar-refractivity contribution in [3.05, 3.63) is 59.1 Å². The molecule has 1 aliphatic carbocycles. The van der Waals surface area contributed by atoms with Gasteiger partial charge < -0.3 is 20.1 Å². The summed E-state index contributed by atoms with van der Waals surface area (Å²) >= 11 is 11.8. The van der Waals surface area contributed by atoms with Gasteiger partial charge in [0, 0.05) is 30.3 Å². The second kappa shape index (κ2) is 9.18. The zero-order valence-electron chi connectivity index (χ0n) is 17.0. The van der Waals surface area contributed by atoms with Gasteiger partial charge in [-0.05, 0) is 24.3 Å². The first-order valence-corrected chi connectivity index (χ1v) is 10.5. The van der Waals surface area contributed by atoms with Crippen molar-refractivity contribution < 1.29 is 18.7 Å².